The van der Waals surface area contributed by atoms with Gasteiger partial charge in [-0.25, -0.2) is 9.78 Å². The van der Waals surface area contributed by atoms with E-state index < -0.39 is 0 Å². The van der Waals surface area contributed by atoms with Gasteiger partial charge in [0.05, 0.1) is 13.2 Å². The van der Waals surface area contributed by atoms with Crippen LogP contribution in [0, 0.1) is 0 Å². The molecule has 0 aliphatic carbocycles. The first kappa shape index (κ1) is 30.5. The molecule has 2 fully saturated rings. The Hall–Kier alpha value is -2.94. The lowest BCUT2D eigenvalue weighted by Crippen LogP contribution is -2.35. The van der Waals surface area contributed by atoms with Crippen LogP contribution in [0.25, 0.3) is 0 Å². The fourth-order valence-electron chi connectivity index (χ4n) is 5.20. The number of ether oxygens (including phenoxy) is 3. The van der Waals surface area contributed by atoms with Crippen molar-refractivity contribution in [3.05, 3.63) is 95.1 Å². The van der Waals surface area contributed by atoms with E-state index in [2.05, 4.69) is 64.1 Å². The monoisotopic (exact) mass is 576 g/mol. The Morgan fingerprint density at radius 1 is 0.667 bits per heavy atom. The largest absolute Gasteiger partial charge is 0.485 e. The minimum atomic E-state index is -0.312. The second kappa shape index (κ2) is 14.5. The molecule has 0 amide bonds. The summed E-state index contributed by atoms with van der Waals surface area (Å²) < 4.78 is 18.2. The van der Waals surface area contributed by atoms with E-state index in [1.807, 2.05) is 36.4 Å². The topological polar surface area (TPSA) is 64.6 Å². The molecular formula is C35H44O7. The van der Waals surface area contributed by atoms with Gasteiger partial charge >= 0.3 is 0 Å². The molecule has 0 spiro atoms. The molecule has 7 nitrogen and oxygen atoms in total. The normalized spacial score (nSPS) is 21.8. The summed E-state index contributed by atoms with van der Waals surface area (Å²) in [6.07, 6.45) is 3.95. The van der Waals surface area contributed by atoms with Crippen LogP contribution in [0.2, 0.25) is 0 Å². The Kier molecular flexibility index (Phi) is 10.5. The Bertz CT molecular complexity index is 1220. The Balaban J connectivity index is 0.995. The summed E-state index contributed by atoms with van der Waals surface area (Å²) in [7, 11) is 0. The number of hydrogen-bond acceptors (Lipinski definition) is 7. The van der Waals surface area contributed by atoms with Gasteiger partial charge in [-0.05, 0) is 64.8 Å². The maximum Gasteiger partial charge on any atom is 0.165 e. The average Bonchev–Trinajstić information content (AvgIpc) is 3.58. The van der Waals surface area contributed by atoms with E-state index in [0.29, 0.717) is 32.2 Å². The molecule has 5 rings (SSSR count). The van der Waals surface area contributed by atoms with Gasteiger partial charge in [-0.3, -0.25) is 0 Å². The number of hydrogen-bond donors (Lipinski definition) is 0. The van der Waals surface area contributed by atoms with Crippen LogP contribution in [0.15, 0.2) is 72.8 Å². The maximum atomic E-state index is 6.20. The third kappa shape index (κ3) is 8.33. The number of unbranched alkanes of at least 4 members (excludes halogenated alkanes) is 2. The van der Waals surface area contributed by atoms with E-state index in [9.17, 15) is 0 Å². The van der Waals surface area contributed by atoms with Gasteiger partial charge in [-0.2, -0.15) is 4.89 Å². The van der Waals surface area contributed by atoms with Crippen molar-refractivity contribution in [1.82, 2.24) is 0 Å². The van der Waals surface area contributed by atoms with Crippen molar-refractivity contribution in [2.45, 2.75) is 96.4 Å². The first-order valence-corrected chi connectivity index (χ1v) is 15.1. The molecule has 42 heavy (non-hydrogen) atoms. The minimum absolute atomic E-state index is 0.101. The van der Waals surface area contributed by atoms with Crippen LogP contribution in [-0.4, -0.2) is 37.6 Å². The number of rotatable bonds is 14. The molecule has 4 unspecified atom stereocenters. The lowest BCUT2D eigenvalue weighted by molar-refractivity contribution is -0.341. The predicted molar refractivity (Wildman–Crippen MR) is 160 cm³/mol. The van der Waals surface area contributed by atoms with E-state index in [0.717, 1.165) is 23.3 Å². The molecule has 0 aromatic heterocycles. The van der Waals surface area contributed by atoms with Crippen LogP contribution in [0.5, 0.6) is 11.5 Å². The molecule has 7 heteroatoms. The van der Waals surface area contributed by atoms with Gasteiger partial charge < -0.3 is 19.1 Å². The predicted octanol–water partition coefficient (Wildman–Crippen LogP) is 7.29. The molecule has 0 N–H and O–H groups in total. The third-order valence-electron chi connectivity index (χ3n) is 7.78. The van der Waals surface area contributed by atoms with Crippen LogP contribution in [0.4, 0.5) is 0 Å². The maximum absolute atomic E-state index is 6.20. The highest BCUT2D eigenvalue weighted by Crippen LogP contribution is 2.32. The molecule has 3 aromatic rings. The van der Waals surface area contributed by atoms with Gasteiger partial charge in [0.25, 0.3) is 0 Å². The van der Waals surface area contributed by atoms with Gasteiger partial charge in [0, 0.05) is 0 Å². The van der Waals surface area contributed by atoms with Crippen molar-refractivity contribution in [3.63, 3.8) is 0 Å². The molecule has 226 valence electrons. The fraction of sp³-hybridized carbons (Fsp3) is 0.486. The Morgan fingerprint density at radius 2 is 1.24 bits per heavy atom. The van der Waals surface area contributed by atoms with Gasteiger partial charge in [0.15, 0.2) is 11.9 Å². The van der Waals surface area contributed by atoms with Crippen LogP contribution < -0.4 is 9.62 Å². The van der Waals surface area contributed by atoms with Crippen molar-refractivity contribution in [2.75, 3.05) is 13.2 Å². The van der Waals surface area contributed by atoms with E-state index in [4.69, 9.17) is 33.8 Å². The molecular weight excluding hydrogens is 532 g/mol. The zero-order valence-electron chi connectivity index (χ0n) is 25.3. The Morgan fingerprint density at radius 3 is 1.90 bits per heavy atom. The highest BCUT2D eigenvalue weighted by Gasteiger charge is 2.50. The zero-order valence-corrected chi connectivity index (χ0v) is 25.3. The smallest absolute Gasteiger partial charge is 0.165 e. The first-order valence-electron chi connectivity index (χ1n) is 15.1. The lowest BCUT2D eigenvalue weighted by atomic mass is 9.87. The van der Waals surface area contributed by atoms with Crippen LogP contribution in [0.3, 0.4) is 0 Å². The van der Waals surface area contributed by atoms with E-state index >= 15 is 0 Å². The average molecular weight is 577 g/mol. The second-order valence-corrected chi connectivity index (χ2v) is 12.2. The molecule has 2 aliphatic heterocycles. The quantitative estimate of drug-likeness (QED) is 0.113. The van der Waals surface area contributed by atoms with Gasteiger partial charge in [-0.15, -0.1) is 0 Å². The summed E-state index contributed by atoms with van der Waals surface area (Å²) in [5, 5.41) is 0. The van der Waals surface area contributed by atoms with Crippen LogP contribution >= 0.6 is 0 Å². The zero-order chi connectivity index (χ0) is 29.4. The summed E-state index contributed by atoms with van der Waals surface area (Å²) in [5.41, 5.74) is 4.76. The highest BCUT2D eigenvalue weighted by molar-refractivity contribution is 5.31. The first-order chi connectivity index (χ1) is 20.4. The van der Waals surface area contributed by atoms with Gasteiger partial charge in [-0.1, -0.05) is 89.1 Å². The molecule has 2 heterocycles. The van der Waals surface area contributed by atoms with Crippen LogP contribution in [-0.2, 0) is 49.2 Å². The van der Waals surface area contributed by atoms with Gasteiger partial charge in [0.2, 0.25) is 0 Å². The molecule has 0 saturated carbocycles. The summed E-state index contributed by atoms with van der Waals surface area (Å²) >= 11 is 0. The number of fused-ring (bicyclic) bond motifs is 1. The molecule has 3 aromatic carbocycles. The van der Waals surface area contributed by atoms with Gasteiger partial charge in [0.1, 0.15) is 37.3 Å². The summed E-state index contributed by atoms with van der Waals surface area (Å²) in [6, 6.07) is 24.3. The summed E-state index contributed by atoms with van der Waals surface area (Å²) in [5.74, 6) is 1.44. The third-order valence-corrected chi connectivity index (χ3v) is 7.78. The molecule has 2 saturated heterocycles. The SMILES string of the molecule is CCCCCc1ccc(COOc2ccc(COOC3COC4C(Oc5ccc(C(C)(C)C)cc5)COC34)cc2)cc1. The van der Waals surface area contributed by atoms with Crippen molar-refractivity contribution in [2.24, 2.45) is 0 Å². The van der Waals surface area contributed by atoms with E-state index in [1.165, 1.54) is 30.4 Å². The lowest BCUT2D eigenvalue weighted by Gasteiger charge is -2.21. The second-order valence-electron chi connectivity index (χ2n) is 12.2. The molecule has 4 atom stereocenters. The van der Waals surface area contributed by atoms with Crippen molar-refractivity contribution >= 4 is 0 Å². The van der Waals surface area contributed by atoms with E-state index in [1.54, 1.807) is 0 Å². The standard InChI is InChI=1S/C35H44O7/c1-5-6-7-8-25-9-11-26(12-10-25)21-38-41-30-17-13-27(14-18-30)22-39-42-32-24-37-33-31(23-36-34(32)33)40-29-19-15-28(16-20-29)35(2,3)4/h9-20,31-34H,5-8,21-24H2,1-4H3. The minimum Gasteiger partial charge on any atom is -0.485 e. The summed E-state index contributed by atoms with van der Waals surface area (Å²) in [6.45, 7) is 10.3. The number of aryl methyl sites for hydroxylation is 1. The highest BCUT2D eigenvalue weighted by atomic mass is 17.2. The Labute approximate surface area is 249 Å². The molecule has 0 bridgehead atoms. The molecule has 2 aliphatic rings. The van der Waals surface area contributed by atoms with E-state index in [-0.39, 0.29) is 29.8 Å². The number of benzene rings is 3. The molecule has 0 radical (unpaired) electrons. The van der Waals surface area contributed by atoms with Crippen molar-refractivity contribution in [3.8, 4) is 11.5 Å². The van der Waals surface area contributed by atoms with Crippen molar-refractivity contribution in [1.29, 1.82) is 0 Å². The van der Waals surface area contributed by atoms with Crippen LogP contribution in [0.1, 0.15) is 69.2 Å². The van der Waals surface area contributed by atoms with Crippen molar-refractivity contribution < 1.29 is 33.8 Å². The fourth-order valence-corrected chi connectivity index (χ4v) is 5.20. The summed E-state index contributed by atoms with van der Waals surface area (Å²) in [4.78, 5) is 22.2.